The minimum atomic E-state index is -0.980. The van der Waals surface area contributed by atoms with Crippen molar-refractivity contribution in [3.8, 4) is 0 Å². The van der Waals surface area contributed by atoms with Gasteiger partial charge in [0.2, 0.25) is 5.91 Å². The third-order valence-electron chi connectivity index (χ3n) is 3.58. The van der Waals surface area contributed by atoms with Crippen LogP contribution in [0, 0.1) is 5.92 Å². The first-order valence-corrected chi connectivity index (χ1v) is 7.20. The van der Waals surface area contributed by atoms with Crippen molar-refractivity contribution in [3.63, 3.8) is 0 Å². The van der Waals surface area contributed by atoms with Crippen LogP contribution in [0.5, 0.6) is 0 Å². The summed E-state index contributed by atoms with van der Waals surface area (Å²) in [5.41, 5.74) is 0.918. The van der Waals surface area contributed by atoms with E-state index in [0.717, 1.165) is 12.5 Å². The van der Waals surface area contributed by atoms with Crippen LogP contribution >= 0.6 is 0 Å². The summed E-state index contributed by atoms with van der Waals surface area (Å²) in [6.07, 6.45) is 2.73. The molecule has 1 aromatic rings. The van der Waals surface area contributed by atoms with Gasteiger partial charge in [0.25, 0.3) is 0 Å². The Morgan fingerprint density at radius 3 is 2.81 bits per heavy atom. The fourth-order valence-electron chi connectivity index (χ4n) is 1.98. The molecule has 1 N–H and O–H groups in total. The van der Waals surface area contributed by atoms with Gasteiger partial charge < -0.3 is 14.7 Å². The van der Waals surface area contributed by atoms with Crippen molar-refractivity contribution in [1.29, 1.82) is 0 Å². The van der Waals surface area contributed by atoms with Gasteiger partial charge in [-0.3, -0.25) is 4.79 Å². The minimum Gasteiger partial charge on any atom is -0.478 e. The van der Waals surface area contributed by atoms with Crippen LogP contribution in [0.3, 0.4) is 0 Å². The van der Waals surface area contributed by atoms with Gasteiger partial charge in [0.05, 0.1) is 18.6 Å². The number of carbonyl (C=O) groups is 2. The quantitative estimate of drug-likeness (QED) is 0.742. The van der Waals surface area contributed by atoms with E-state index in [1.807, 2.05) is 0 Å². The number of carboxylic acid groups (broad SMARTS) is 1. The van der Waals surface area contributed by atoms with Crippen molar-refractivity contribution in [3.05, 3.63) is 35.4 Å². The molecule has 1 aliphatic rings. The van der Waals surface area contributed by atoms with Crippen LogP contribution in [-0.2, 0) is 16.0 Å². The first-order chi connectivity index (χ1) is 10.1. The number of rotatable bonds is 8. The molecule has 0 bridgehead atoms. The number of amides is 1. The van der Waals surface area contributed by atoms with Gasteiger partial charge >= 0.3 is 5.97 Å². The van der Waals surface area contributed by atoms with E-state index in [4.69, 9.17) is 9.84 Å². The molecule has 0 spiro atoms. The third kappa shape index (κ3) is 5.19. The van der Waals surface area contributed by atoms with Gasteiger partial charge in [-0.2, -0.15) is 0 Å². The van der Waals surface area contributed by atoms with E-state index in [0.29, 0.717) is 18.7 Å². The number of carboxylic acids is 1. The Labute approximate surface area is 124 Å². The van der Waals surface area contributed by atoms with Crippen LogP contribution in [0.25, 0.3) is 0 Å². The maximum atomic E-state index is 12.1. The maximum Gasteiger partial charge on any atom is 0.335 e. The number of aromatic carboxylic acids is 1. The van der Waals surface area contributed by atoms with Gasteiger partial charge in [0.15, 0.2) is 0 Å². The lowest BCUT2D eigenvalue weighted by atomic mass is 10.1. The third-order valence-corrected chi connectivity index (χ3v) is 3.58. The van der Waals surface area contributed by atoms with Gasteiger partial charge in [-0.1, -0.05) is 12.1 Å². The molecule has 1 amide bonds. The predicted octanol–water partition coefficient (Wildman–Crippen LogP) is 1.81. The Morgan fingerprint density at radius 2 is 2.14 bits per heavy atom. The number of benzene rings is 1. The van der Waals surface area contributed by atoms with Crippen molar-refractivity contribution < 1.29 is 19.4 Å². The molecule has 0 saturated heterocycles. The van der Waals surface area contributed by atoms with E-state index in [1.54, 1.807) is 24.1 Å². The van der Waals surface area contributed by atoms with E-state index in [9.17, 15) is 9.59 Å². The Kier molecular flexibility index (Phi) is 5.33. The van der Waals surface area contributed by atoms with Crippen LogP contribution in [-0.4, -0.2) is 48.7 Å². The average molecular weight is 291 g/mol. The number of carbonyl (C=O) groups excluding carboxylic acids is 1. The molecule has 0 aromatic heterocycles. The molecule has 0 heterocycles. The zero-order chi connectivity index (χ0) is 15.2. The van der Waals surface area contributed by atoms with Gasteiger partial charge in [-0.15, -0.1) is 0 Å². The molecule has 0 atom stereocenters. The lowest BCUT2D eigenvalue weighted by Gasteiger charge is -2.17. The molecule has 5 nitrogen and oxygen atoms in total. The number of nitrogens with zero attached hydrogens (tertiary/aromatic N) is 1. The fraction of sp³-hybridized carbons (Fsp3) is 0.500. The molecule has 0 aliphatic heterocycles. The SMILES string of the molecule is CN(CCOCC1CC1)C(=O)Cc1cccc(C(=O)O)c1. The summed E-state index contributed by atoms with van der Waals surface area (Å²) in [5.74, 6) is -0.288. The van der Waals surface area contributed by atoms with Crippen LogP contribution in [0.2, 0.25) is 0 Å². The summed E-state index contributed by atoms with van der Waals surface area (Å²) in [7, 11) is 1.74. The lowest BCUT2D eigenvalue weighted by Crippen LogP contribution is -2.31. The van der Waals surface area contributed by atoms with E-state index >= 15 is 0 Å². The second-order valence-corrected chi connectivity index (χ2v) is 5.52. The van der Waals surface area contributed by atoms with Crippen LogP contribution < -0.4 is 0 Å². The van der Waals surface area contributed by atoms with Crippen LogP contribution in [0.1, 0.15) is 28.8 Å². The summed E-state index contributed by atoms with van der Waals surface area (Å²) in [4.78, 5) is 24.6. The second-order valence-electron chi connectivity index (χ2n) is 5.52. The number of hydrogen-bond acceptors (Lipinski definition) is 3. The lowest BCUT2D eigenvalue weighted by molar-refractivity contribution is -0.129. The van der Waals surface area contributed by atoms with Crippen LogP contribution in [0.4, 0.5) is 0 Å². The smallest absolute Gasteiger partial charge is 0.335 e. The Morgan fingerprint density at radius 1 is 1.38 bits per heavy atom. The number of likely N-dealkylation sites (N-methyl/N-ethyl adjacent to an activating group) is 1. The highest BCUT2D eigenvalue weighted by molar-refractivity contribution is 5.88. The standard InChI is InChI=1S/C16H21NO4/c1-17(7-8-21-11-12-5-6-12)15(18)10-13-3-2-4-14(9-13)16(19)20/h2-4,9,12H,5-8,10-11H2,1H3,(H,19,20). The van der Waals surface area contributed by atoms with Crippen molar-refractivity contribution in [1.82, 2.24) is 4.90 Å². The molecule has 1 saturated carbocycles. The normalized spacial score (nSPS) is 14.0. The summed E-state index contributed by atoms with van der Waals surface area (Å²) in [5, 5.41) is 8.93. The van der Waals surface area contributed by atoms with E-state index in [2.05, 4.69) is 0 Å². The molecular formula is C16H21NO4. The Bertz CT molecular complexity index is 511. The van der Waals surface area contributed by atoms with Crippen molar-refractivity contribution in [2.45, 2.75) is 19.3 Å². The molecule has 21 heavy (non-hydrogen) atoms. The topological polar surface area (TPSA) is 66.8 Å². The Hall–Kier alpha value is -1.88. The molecule has 1 fully saturated rings. The van der Waals surface area contributed by atoms with Crippen LogP contribution in [0.15, 0.2) is 24.3 Å². The highest BCUT2D eigenvalue weighted by Crippen LogP contribution is 2.28. The monoisotopic (exact) mass is 291 g/mol. The molecule has 1 aliphatic carbocycles. The molecule has 5 heteroatoms. The summed E-state index contributed by atoms with van der Waals surface area (Å²) in [6, 6.07) is 6.48. The molecular weight excluding hydrogens is 270 g/mol. The van der Waals surface area contributed by atoms with Gasteiger partial charge in [-0.05, 0) is 36.5 Å². The predicted molar refractivity (Wildman–Crippen MR) is 78.3 cm³/mol. The molecule has 0 unspecified atom stereocenters. The first-order valence-electron chi connectivity index (χ1n) is 7.20. The summed E-state index contributed by atoms with van der Waals surface area (Å²) < 4.78 is 5.51. The second kappa shape index (κ2) is 7.22. The highest BCUT2D eigenvalue weighted by atomic mass is 16.5. The van der Waals surface area contributed by atoms with E-state index in [1.165, 1.54) is 25.0 Å². The number of ether oxygens (including phenoxy) is 1. The fourth-order valence-corrected chi connectivity index (χ4v) is 1.98. The van der Waals surface area contributed by atoms with Crippen molar-refractivity contribution in [2.24, 2.45) is 5.92 Å². The molecule has 2 rings (SSSR count). The average Bonchev–Trinajstić information content (AvgIpc) is 3.27. The van der Waals surface area contributed by atoms with E-state index < -0.39 is 5.97 Å². The highest BCUT2D eigenvalue weighted by Gasteiger charge is 2.21. The zero-order valence-corrected chi connectivity index (χ0v) is 12.2. The van der Waals surface area contributed by atoms with Gasteiger partial charge in [-0.25, -0.2) is 4.79 Å². The minimum absolute atomic E-state index is 0.0347. The number of hydrogen-bond donors (Lipinski definition) is 1. The van der Waals surface area contributed by atoms with Gasteiger partial charge in [0.1, 0.15) is 0 Å². The maximum absolute atomic E-state index is 12.1. The first kappa shape index (κ1) is 15.5. The largest absolute Gasteiger partial charge is 0.478 e. The summed E-state index contributed by atoms with van der Waals surface area (Å²) >= 11 is 0. The Balaban J connectivity index is 1.76. The van der Waals surface area contributed by atoms with Gasteiger partial charge in [0, 0.05) is 20.2 Å². The van der Waals surface area contributed by atoms with Crippen molar-refractivity contribution in [2.75, 3.05) is 26.8 Å². The molecule has 1 aromatic carbocycles. The zero-order valence-electron chi connectivity index (χ0n) is 12.2. The molecule has 0 radical (unpaired) electrons. The van der Waals surface area contributed by atoms with E-state index in [-0.39, 0.29) is 17.9 Å². The van der Waals surface area contributed by atoms with Crippen molar-refractivity contribution >= 4 is 11.9 Å². The summed E-state index contributed by atoms with van der Waals surface area (Å²) in [6.45, 7) is 1.90. The molecule has 114 valence electrons.